The summed E-state index contributed by atoms with van der Waals surface area (Å²) in [6.45, 7) is 4.46. The smallest absolute Gasteiger partial charge is 0.259 e. The number of thioether (sulfide) groups is 1. The maximum absolute atomic E-state index is 13.4. The van der Waals surface area contributed by atoms with Crippen molar-refractivity contribution >= 4 is 51.9 Å². The molecule has 3 amide bonds. The quantitative estimate of drug-likeness (QED) is 0.448. The van der Waals surface area contributed by atoms with Crippen LogP contribution in [0.1, 0.15) is 43.1 Å². The lowest BCUT2D eigenvalue weighted by atomic mass is 10.0. The van der Waals surface area contributed by atoms with Gasteiger partial charge in [0, 0.05) is 11.3 Å². The third-order valence-electron chi connectivity index (χ3n) is 6.16. The van der Waals surface area contributed by atoms with Crippen molar-refractivity contribution in [3.8, 4) is 0 Å². The Morgan fingerprint density at radius 3 is 2.58 bits per heavy atom. The number of hydrogen-bond donors (Lipinski definition) is 2. The zero-order valence-corrected chi connectivity index (χ0v) is 21.8. The number of benzene rings is 2. The van der Waals surface area contributed by atoms with Gasteiger partial charge in [0.2, 0.25) is 11.8 Å². The summed E-state index contributed by atoms with van der Waals surface area (Å²) in [6, 6.07) is 17.7. The number of amidine groups is 2. The number of amides is 3. The number of fused-ring (bicyclic) bond motifs is 3. The van der Waals surface area contributed by atoms with Gasteiger partial charge >= 0.3 is 0 Å². The summed E-state index contributed by atoms with van der Waals surface area (Å²) < 4.78 is 5.23. The zero-order chi connectivity index (χ0) is 26.6. The van der Waals surface area contributed by atoms with Crippen LogP contribution in [-0.4, -0.2) is 45.4 Å². The molecule has 5 rings (SSSR count). The predicted molar refractivity (Wildman–Crippen MR) is 147 cm³/mol. The molecule has 3 aromatic rings. The highest BCUT2D eigenvalue weighted by Crippen LogP contribution is 2.34. The standard InChI is InChI=1S/C28H27N5O4S/c1-17(2)18-9-11-19(12-10-18)30-25(35)16-38-28-32-22-8-4-3-7-21(22)26-31-23(27(36)33(26)28)14-24(34)29-15-20-6-5-13-37-20/h3-13,17,23H,14-16H2,1-2H3,(H,29,34)(H,30,35)/t23-/m1/s1. The van der Waals surface area contributed by atoms with Crippen LogP contribution in [0.25, 0.3) is 0 Å². The monoisotopic (exact) mass is 529 g/mol. The van der Waals surface area contributed by atoms with Gasteiger partial charge in [0.25, 0.3) is 5.91 Å². The highest BCUT2D eigenvalue weighted by atomic mass is 32.2. The molecule has 0 saturated carbocycles. The molecule has 0 aliphatic carbocycles. The van der Waals surface area contributed by atoms with Gasteiger partial charge in [-0.2, -0.15) is 0 Å². The first-order valence-corrected chi connectivity index (χ1v) is 13.3. The Kier molecular flexibility index (Phi) is 7.41. The van der Waals surface area contributed by atoms with Crippen LogP contribution in [-0.2, 0) is 20.9 Å². The molecule has 0 saturated heterocycles. The molecular formula is C28H27N5O4S. The van der Waals surface area contributed by atoms with Crippen LogP contribution in [0.5, 0.6) is 0 Å². The van der Waals surface area contributed by atoms with E-state index in [9.17, 15) is 14.4 Å². The summed E-state index contributed by atoms with van der Waals surface area (Å²) in [5.41, 5.74) is 3.26. The molecule has 0 unspecified atom stereocenters. The molecular weight excluding hydrogens is 502 g/mol. The van der Waals surface area contributed by atoms with Crippen LogP contribution < -0.4 is 10.6 Å². The van der Waals surface area contributed by atoms with E-state index in [0.717, 1.165) is 11.8 Å². The van der Waals surface area contributed by atoms with Gasteiger partial charge in [-0.25, -0.2) is 9.89 Å². The zero-order valence-electron chi connectivity index (χ0n) is 21.0. The molecule has 10 heteroatoms. The van der Waals surface area contributed by atoms with E-state index in [1.54, 1.807) is 12.1 Å². The molecule has 194 valence electrons. The molecule has 1 atom stereocenters. The average Bonchev–Trinajstić information content (AvgIpc) is 3.55. The second-order valence-corrected chi connectivity index (χ2v) is 10.2. The van der Waals surface area contributed by atoms with E-state index < -0.39 is 6.04 Å². The Morgan fingerprint density at radius 1 is 1.05 bits per heavy atom. The first kappa shape index (κ1) is 25.5. The highest BCUT2D eigenvalue weighted by Gasteiger charge is 2.42. The second kappa shape index (κ2) is 11.1. The first-order chi connectivity index (χ1) is 18.4. The maximum Gasteiger partial charge on any atom is 0.259 e. The molecule has 2 aliphatic rings. The van der Waals surface area contributed by atoms with Gasteiger partial charge in [-0.05, 0) is 47.9 Å². The molecule has 9 nitrogen and oxygen atoms in total. The number of carbonyl (C=O) groups excluding carboxylic acids is 3. The summed E-state index contributed by atoms with van der Waals surface area (Å²) in [5.74, 6) is 0.642. The molecule has 2 aliphatic heterocycles. The van der Waals surface area contributed by atoms with Crippen molar-refractivity contribution in [3.05, 3.63) is 83.8 Å². The number of nitrogens with one attached hydrogen (secondary N) is 2. The van der Waals surface area contributed by atoms with E-state index in [4.69, 9.17) is 4.42 Å². The van der Waals surface area contributed by atoms with Crippen LogP contribution in [0.4, 0.5) is 11.4 Å². The van der Waals surface area contributed by atoms with Gasteiger partial charge in [-0.1, -0.05) is 49.9 Å². The molecule has 3 heterocycles. The lowest BCUT2D eigenvalue weighted by molar-refractivity contribution is -0.128. The van der Waals surface area contributed by atoms with Crippen molar-refractivity contribution in [1.29, 1.82) is 0 Å². The molecule has 1 aromatic heterocycles. The Balaban J connectivity index is 1.26. The van der Waals surface area contributed by atoms with Gasteiger partial charge in [0.05, 0.1) is 30.7 Å². The third-order valence-corrected chi connectivity index (χ3v) is 7.10. The Hall–Kier alpha value is -4.18. The summed E-state index contributed by atoms with van der Waals surface area (Å²) in [7, 11) is 0. The fourth-order valence-electron chi connectivity index (χ4n) is 4.16. The largest absolute Gasteiger partial charge is 0.467 e. The van der Waals surface area contributed by atoms with Gasteiger partial charge in [0.1, 0.15) is 17.6 Å². The number of nitrogens with zero attached hydrogens (tertiary/aromatic N) is 3. The van der Waals surface area contributed by atoms with Crippen molar-refractivity contribution < 1.29 is 18.8 Å². The van der Waals surface area contributed by atoms with Crippen molar-refractivity contribution in [2.24, 2.45) is 9.98 Å². The number of carbonyl (C=O) groups is 3. The van der Waals surface area contributed by atoms with E-state index in [2.05, 4.69) is 34.5 Å². The first-order valence-electron chi connectivity index (χ1n) is 12.3. The number of aliphatic imine (C=N–C) groups is 2. The maximum atomic E-state index is 13.4. The van der Waals surface area contributed by atoms with Crippen molar-refractivity contribution in [1.82, 2.24) is 10.2 Å². The summed E-state index contributed by atoms with van der Waals surface area (Å²) in [4.78, 5) is 49.3. The fraction of sp³-hybridized carbons (Fsp3) is 0.250. The minimum Gasteiger partial charge on any atom is -0.467 e. The predicted octanol–water partition coefficient (Wildman–Crippen LogP) is 4.44. The third kappa shape index (κ3) is 5.55. The summed E-state index contributed by atoms with van der Waals surface area (Å²) in [6.07, 6.45) is 1.43. The molecule has 0 fully saturated rings. The second-order valence-electron chi connectivity index (χ2n) is 9.23. The summed E-state index contributed by atoms with van der Waals surface area (Å²) >= 11 is 1.16. The van der Waals surface area contributed by atoms with E-state index in [1.807, 2.05) is 48.5 Å². The van der Waals surface area contributed by atoms with Crippen molar-refractivity contribution in [2.45, 2.75) is 38.8 Å². The summed E-state index contributed by atoms with van der Waals surface area (Å²) in [5, 5.41) is 6.00. The fourth-order valence-corrected chi connectivity index (χ4v) is 4.96. The van der Waals surface area contributed by atoms with Crippen LogP contribution in [0, 0.1) is 0 Å². The Morgan fingerprint density at radius 2 is 1.84 bits per heavy atom. The molecule has 0 spiro atoms. The number of furan rings is 1. The molecule has 2 N–H and O–H groups in total. The molecule has 2 aromatic carbocycles. The van der Waals surface area contributed by atoms with Crippen LogP contribution in [0.15, 0.2) is 81.3 Å². The Bertz CT molecular complexity index is 1410. The minimum absolute atomic E-state index is 0.0539. The van der Waals surface area contributed by atoms with Gasteiger partial charge in [-0.3, -0.25) is 19.4 Å². The van der Waals surface area contributed by atoms with E-state index in [0.29, 0.717) is 39.6 Å². The SMILES string of the molecule is CC(C)c1ccc(NC(=O)CSC2=Nc3ccccc3C3=N[C@H](CC(=O)NCc4ccco4)C(=O)N23)cc1. The van der Waals surface area contributed by atoms with E-state index >= 15 is 0 Å². The number of anilines is 1. The van der Waals surface area contributed by atoms with Crippen molar-refractivity contribution in [2.75, 3.05) is 11.1 Å². The number of para-hydroxylation sites is 1. The number of rotatable bonds is 8. The molecule has 38 heavy (non-hydrogen) atoms. The topological polar surface area (TPSA) is 116 Å². The van der Waals surface area contributed by atoms with Crippen LogP contribution >= 0.6 is 11.8 Å². The number of hydrogen-bond acceptors (Lipinski definition) is 7. The average molecular weight is 530 g/mol. The van der Waals surface area contributed by atoms with Crippen LogP contribution in [0.3, 0.4) is 0 Å². The van der Waals surface area contributed by atoms with Crippen LogP contribution in [0.2, 0.25) is 0 Å². The van der Waals surface area contributed by atoms with E-state index in [-0.39, 0.29) is 36.4 Å². The molecule has 0 bridgehead atoms. The van der Waals surface area contributed by atoms with Gasteiger partial charge in [0.15, 0.2) is 5.17 Å². The van der Waals surface area contributed by atoms with E-state index in [1.165, 1.54) is 16.7 Å². The minimum atomic E-state index is -0.883. The Labute approximate surface area is 224 Å². The van der Waals surface area contributed by atoms with Gasteiger partial charge < -0.3 is 15.1 Å². The lowest BCUT2D eigenvalue weighted by Crippen LogP contribution is -2.42. The molecule has 0 radical (unpaired) electrons. The van der Waals surface area contributed by atoms with Crippen molar-refractivity contribution in [3.63, 3.8) is 0 Å². The lowest BCUT2D eigenvalue weighted by Gasteiger charge is -2.25. The van der Waals surface area contributed by atoms with Gasteiger partial charge in [-0.15, -0.1) is 0 Å². The highest BCUT2D eigenvalue weighted by molar-refractivity contribution is 8.14. The normalized spacial score (nSPS) is 16.0.